The lowest BCUT2D eigenvalue weighted by Crippen LogP contribution is -2.14. The van der Waals surface area contributed by atoms with Crippen LogP contribution in [0.3, 0.4) is 0 Å². The first-order valence-corrected chi connectivity index (χ1v) is 5.94. The summed E-state index contributed by atoms with van der Waals surface area (Å²) in [6, 6.07) is 0. The third-order valence-electron chi connectivity index (χ3n) is 1.99. The quantitative estimate of drug-likeness (QED) is 0.720. The predicted octanol–water partition coefficient (Wildman–Crippen LogP) is 2.47. The number of aromatic nitrogens is 1. The highest BCUT2D eigenvalue weighted by atomic mass is 35.5. The molecule has 88 valence electrons. The smallest absolute Gasteiger partial charge is 0.0795 e. The number of halogens is 1. The maximum atomic E-state index is 4.98. The highest BCUT2D eigenvalue weighted by Crippen LogP contribution is 2.00. The summed E-state index contributed by atoms with van der Waals surface area (Å²) in [6.07, 6.45) is 3.61. The summed E-state index contributed by atoms with van der Waals surface area (Å²) < 4.78 is 4.98. The molecule has 0 fully saturated rings. The Morgan fingerprint density at radius 1 is 1.40 bits per heavy atom. The summed E-state index contributed by atoms with van der Waals surface area (Å²) in [6.45, 7) is 2.85. The maximum absolute atomic E-state index is 4.98. The Hall–Kier alpha value is -0.160. The molecule has 0 aliphatic rings. The Morgan fingerprint density at radius 3 is 2.93 bits per heavy atom. The van der Waals surface area contributed by atoms with Crippen molar-refractivity contribution in [2.24, 2.45) is 0 Å². The van der Waals surface area contributed by atoms with E-state index in [1.165, 1.54) is 12.8 Å². The minimum atomic E-state index is 0. The summed E-state index contributed by atoms with van der Waals surface area (Å²) in [7, 11) is 1.75. The number of methoxy groups -OCH3 is 1. The van der Waals surface area contributed by atoms with Gasteiger partial charge in [-0.2, -0.15) is 0 Å². The normalized spacial score (nSPS) is 9.93. The standard InChI is InChI=1S/C10H18N2OS.ClH/c1-13-6-4-2-3-5-11-7-10-8-14-9-12-10;/h8-9,11H,2-7H2,1H3;1H. The van der Waals surface area contributed by atoms with Gasteiger partial charge in [-0.3, -0.25) is 0 Å². The van der Waals surface area contributed by atoms with Crippen LogP contribution in [0.2, 0.25) is 0 Å². The van der Waals surface area contributed by atoms with Crippen molar-refractivity contribution in [3.8, 4) is 0 Å². The molecule has 0 unspecified atom stereocenters. The second kappa shape index (κ2) is 10.4. The topological polar surface area (TPSA) is 34.1 Å². The van der Waals surface area contributed by atoms with Crippen molar-refractivity contribution in [2.45, 2.75) is 25.8 Å². The zero-order valence-electron chi connectivity index (χ0n) is 9.07. The molecule has 1 N–H and O–H groups in total. The van der Waals surface area contributed by atoms with E-state index in [-0.39, 0.29) is 12.4 Å². The van der Waals surface area contributed by atoms with Crippen LogP contribution in [0.25, 0.3) is 0 Å². The van der Waals surface area contributed by atoms with Gasteiger partial charge < -0.3 is 10.1 Å². The van der Waals surface area contributed by atoms with E-state index in [0.717, 1.165) is 31.8 Å². The molecule has 15 heavy (non-hydrogen) atoms. The number of nitrogens with zero attached hydrogens (tertiary/aromatic N) is 1. The van der Waals surface area contributed by atoms with Gasteiger partial charge in [0.15, 0.2) is 0 Å². The van der Waals surface area contributed by atoms with Crippen LogP contribution in [-0.2, 0) is 11.3 Å². The summed E-state index contributed by atoms with van der Waals surface area (Å²) >= 11 is 1.65. The Bertz CT molecular complexity index is 219. The minimum absolute atomic E-state index is 0. The minimum Gasteiger partial charge on any atom is -0.385 e. The summed E-state index contributed by atoms with van der Waals surface area (Å²) in [5.41, 5.74) is 3.02. The second-order valence-corrected chi connectivity index (χ2v) is 3.93. The zero-order chi connectivity index (χ0) is 10.1. The van der Waals surface area contributed by atoms with Gasteiger partial charge in [0.25, 0.3) is 0 Å². The Morgan fingerprint density at radius 2 is 2.27 bits per heavy atom. The first-order chi connectivity index (χ1) is 6.93. The van der Waals surface area contributed by atoms with Crippen molar-refractivity contribution in [2.75, 3.05) is 20.3 Å². The lowest BCUT2D eigenvalue weighted by atomic mass is 10.2. The van der Waals surface area contributed by atoms with Gasteiger partial charge in [0.2, 0.25) is 0 Å². The average Bonchev–Trinajstić information content (AvgIpc) is 2.69. The van der Waals surface area contributed by atoms with Crippen LogP contribution in [0.4, 0.5) is 0 Å². The molecule has 0 aromatic carbocycles. The van der Waals surface area contributed by atoms with E-state index in [0.29, 0.717) is 0 Å². The molecule has 0 saturated heterocycles. The van der Waals surface area contributed by atoms with Gasteiger partial charge in [-0.25, -0.2) is 4.98 Å². The van der Waals surface area contributed by atoms with E-state index in [1.807, 2.05) is 5.51 Å². The highest BCUT2D eigenvalue weighted by molar-refractivity contribution is 7.07. The van der Waals surface area contributed by atoms with Crippen LogP contribution < -0.4 is 5.32 Å². The fraction of sp³-hybridized carbons (Fsp3) is 0.700. The Labute approximate surface area is 102 Å². The van der Waals surface area contributed by atoms with Crippen molar-refractivity contribution in [1.29, 1.82) is 0 Å². The molecular formula is C10H19ClN2OS. The molecule has 1 rings (SSSR count). The Kier molecular flexibility index (Phi) is 10.3. The molecular weight excluding hydrogens is 232 g/mol. The first-order valence-electron chi connectivity index (χ1n) is 5.00. The number of nitrogens with one attached hydrogen (secondary N) is 1. The summed E-state index contributed by atoms with van der Waals surface area (Å²) in [4.78, 5) is 4.20. The van der Waals surface area contributed by atoms with E-state index in [9.17, 15) is 0 Å². The maximum Gasteiger partial charge on any atom is 0.0795 e. The number of hydrogen-bond donors (Lipinski definition) is 1. The van der Waals surface area contributed by atoms with Crippen LogP contribution in [0.15, 0.2) is 10.9 Å². The molecule has 0 saturated carbocycles. The average molecular weight is 251 g/mol. The summed E-state index contributed by atoms with van der Waals surface area (Å²) in [5.74, 6) is 0. The summed E-state index contributed by atoms with van der Waals surface area (Å²) in [5, 5.41) is 5.45. The van der Waals surface area contributed by atoms with Crippen molar-refractivity contribution >= 4 is 23.7 Å². The van der Waals surface area contributed by atoms with Crippen molar-refractivity contribution < 1.29 is 4.74 Å². The molecule has 1 aromatic heterocycles. The first kappa shape index (κ1) is 14.8. The number of thiazole rings is 1. The van der Waals surface area contributed by atoms with E-state index in [2.05, 4.69) is 15.7 Å². The van der Waals surface area contributed by atoms with Gasteiger partial charge in [0.1, 0.15) is 0 Å². The monoisotopic (exact) mass is 250 g/mol. The largest absolute Gasteiger partial charge is 0.385 e. The molecule has 0 aliphatic carbocycles. The van der Waals surface area contributed by atoms with Crippen molar-refractivity contribution in [3.63, 3.8) is 0 Å². The number of hydrogen-bond acceptors (Lipinski definition) is 4. The van der Waals surface area contributed by atoms with Gasteiger partial charge in [-0.15, -0.1) is 23.7 Å². The number of ether oxygens (including phenoxy) is 1. The lowest BCUT2D eigenvalue weighted by Gasteiger charge is -2.02. The molecule has 3 nitrogen and oxygen atoms in total. The van der Waals surface area contributed by atoms with E-state index in [1.54, 1.807) is 18.4 Å². The highest BCUT2D eigenvalue weighted by Gasteiger charge is 1.93. The fourth-order valence-corrected chi connectivity index (χ4v) is 1.77. The molecule has 0 atom stereocenters. The number of unbranched alkanes of at least 4 members (excludes halogenated alkanes) is 2. The van der Waals surface area contributed by atoms with E-state index < -0.39 is 0 Å². The zero-order valence-corrected chi connectivity index (χ0v) is 10.7. The third kappa shape index (κ3) is 7.73. The van der Waals surface area contributed by atoms with Crippen molar-refractivity contribution in [1.82, 2.24) is 10.3 Å². The van der Waals surface area contributed by atoms with Gasteiger partial charge in [-0.05, 0) is 25.8 Å². The van der Waals surface area contributed by atoms with Crippen LogP contribution >= 0.6 is 23.7 Å². The van der Waals surface area contributed by atoms with Crippen LogP contribution in [0, 0.1) is 0 Å². The molecule has 0 amide bonds. The molecule has 0 spiro atoms. The molecule has 0 aliphatic heterocycles. The van der Waals surface area contributed by atoms with Gasteiger partial charge >= 0.3 is 0 Å². The van der Waals surface area contributed by atoms with Gasteiger partial charge in [-0.1, -0.05) is 0 Å². The van der Waals surface area contributed by atoms with Gasteiger partial charge in [0, 0.05) is 25.6 Å². The van der Waals surface area contributed by atoms with Gasteiger partial charge in [0.05, 0.1) is 11.2 Å². The Balaban J connectivity index is 0.00000196. The van der Waals surface area contributed by atoms with Crippen LogP contribution in [0.1, 0.15) is 25.0 Å². The number of rotatable bonds is 8. The van der Waals surface area contributed by atoms with Crippen LogP contribution in [-0.4, -0.2) is 25.2 Å². The second-order valence-electron chi connectivity index (χ2n) is 3.21. The van der Waals surface area contributed by atoms with E-state index in [4.69, 9.17) is 4.74 Å². The van der Waals surface area contributed by atoms with Crippen molar-refractivity contribution in [3.05, 3.63) is 16.6 Å². The third-order valence-corrected chi connectivity index (χ3v) is 2.63. The molecule has 1 aromatic rings. The molecule has 0 radical (unpaired) electrons. The molecule has 5 heteroatoms. The molecule has 1 heterocycles. The SMILES string of the molecule is COCCCCCNCc1cscn1.Cl. The molecule has 0 bridgehead atoms. The fourth-order valence-electron chi connectivity index (χ4n) is 1.21. The lowest BCUT2D eigenvalue weighted by molar-refractivity contribution is 0.192. The van der Waals surface area contributed by atoms with Crippen LogP contribution in [0.5, 0.6) is 0 Å². The predicted molar refractivity (Wildman–Crippen MR) is 66.8 cm³/mol. The van der Waals surface area contributed by atoms with E-state index >= 15 is 0 Å².